The first-order valence-corrected chi connectivity index (χ1v) is 9.13. The predicted molar refractivity (Wildman–Crippen MR) is 111 cm³/mol. The van der Waals surface area contributed by atoms with E-state index >= 15 is 0 Å². The molecule has 1 saturated heterocycles. The largest absolute Gasteiger partial charge is 0.372 e. The van der Waals surface area contributed by atoms with Crippen LogP contribution in [0.4, 0.5) is 17.5 Å². The highest BCUT2D eigenvalue weighted by Crippen LogP contribution is 2.21. The molecule has 3 aromatic rings. The third kappa shape index (κ3) is 4.37. The van der Waals surface area contributed by atoms with Crippen molar-refractivity contribution in [1.82, 2.24) is 24.4 Å². The summed E-state index contributed by atoms with van der Waals surface area (Å²) < 4.78 is 2.04. The van der Waals surface area contributed by atoms with Crippen LogP contribution >= 0.6 is 0 Å². The molecule has 1 amide bonds. The zero-order chi connectivity index (χ0) is 20.1. The van der Waals surface area contributed by atoms with Crippen LogP contribution in [0.25, 0.3) is 11.0 Å². The number of rotatable bonds is 3. The van der Waals surface area contributed by atoms with Gasteiger partial charge in [-0.05, 0) is 32.2 Å². The maximum Gasteiger partial charge on any atom is 0.229 e. The van der Waals surface area contributed by atoms with E-state index in [1.54, 1.807) is 0 Å². The highest BCUT2D eigenvalue weighted by molar-refractivity contribution is 5.79. The van der Waals surface area contributed by atoms with Crippen molar-refractivity contribution >= 4 is 34.9 Å². The van der Waals surface area contributed by atoms with Crippen molar-refractivity contribution in [3.8, 4) is 0 Å². The second-order valence-electron chi connectivity index (χ2n) is 6.75. The summed E-state index contributed by atoms with van der Waals surface area (Å²) in [6.45, 7) is 6.25. The van der Waals surface area contributed by atoms with Crippen LogP contribution in [0.5, 0.6) is 0 Å². The zero-order valence-corrected chi connectivity index (χ0v) is 16.5. The summed E-state index contributed by atoms with van der Waals surface area (Å²) in [5.74, 6) is 1.34. The van der Waals surface area contributed by atoms with Crippen LogP contribution in [-0.2, 0) is 11.8 Å². The van der Waals surface area contributed by atoms with E-state index in [9.17, 15) is 0 Å². The number of nitrogens with two attached hydrogens (primary N) is 1. The van der Waals surface area contributed by atoms with E-state index in [2.05, 4.69) is 48.9 Å². The number of pyridine rings is 1. The Bertz CT molecular complexity index is 929. The van der Waals surface area contributed by atoms with Gasteiger partial charge >= 0.3 is 0 Å². The molecule has 4 heterocycles. The number of nitrogens with one attached hydrogen (secondary N) is 1. The number of primary amides is 1. The first-order valence-electron chi connectivity index (χ1n) is 9.13. The molecule has 3 aromatic heterocycles. The second-order valence-corrected chi connectivity index (χ2v) is 6.75. The highest BCUT2D eigenvalue weighted by atomic mass is 16.1. The lowest BCUT2D eigenvalue weighted by atomic mass is 10.3. The lowest BCUT2D eigenvalue weighted by Crippen LogP contribution is -2.44. The lowest BCUT2D eigenvalue weighted by Gasteiger charge is -2.33. The Morgan fingerprint density at radius 1 is 1.11 bits per heavy atom. The number of amides is 1. The SMILES string of the molecule is Cc1nc(Nc2ccc(N3CCN(C)CC3)cn2)nc2ccn(C)c12.NC=O. The van der Waals surface area contributed by atoms with Crippen molar-refractivity contribution in [3.63, 3.8) is 0 Å². The summed E-state index contributed by atoms with van der Waals surface area (Å²) in [7, 11) is 4.17. The fraction of sp³-hybridized carbons (Fsp3) is 0.368. The second kappa shape index (κ2) is 8.66. The number of hydrogen-bond donors (Lipinski definition) is 2. The molecular weight excluding hydrogens is 356 g/mol. The smallest absolute Gasteiger partial charge is 0.229 e. The van der Waals surface area contributed by atoms with Crippen LogP contribution in [0.15, 0.2) is 30.6 Å². The van der Waals surface area contributed by atoms with Crippen molar-refractivity contribution < 1.29 is 4.79 Å². The Kier molecular flexibility index (Phi) is 6.05. The number of carbonyl (C=O) groups excluding carboxylic acids is 1. The van der Waals surface area contributed by atoms with Gasteiger partial charge in [-0.2, -0.15) is 0 Å². The highest BCUT2D eigenvalue weighted by Gasteiger charge is 2.14. The van der Waals surface area contributed by atoms with Gasteiger partial charge in [0.1, 0.15) is 5.82 Å². The van der Waals surface area contributed by atoms with Gasteiger partial charge in [0.2, 0.25) is 12.4 Å². The van der Waals surface area contributed by atoms with Gasteiger partial charge in [0.25, 0.3) is 0 Å². The van der Waals surface area contributed by atoms with Gasteiger partial charge in [-0.15, -0.1) is 0 Å². The molecule has 1 aliphatic heterocycles. The fourth-order valence-corrected chi connectivity index (χ4v) is 3.28. The van der Waals surface area contributed by atoms with Gasteiger partial charge in [-0.25, -0.2) is 15.0 Å². The molecule has 0 bridgehead atoms. The molecule has 9 nitrogen and oxygen atoms in total. The monoisotopic (exact) mass is 382 g/mol. The Hall–Kier alpha value is -3.20. The lowest BCUT2D eigenvalue weighted by molar-refractivity contribution is -0.106. The molecule has 0 aromatic carbocycles. The summed E-state index contributed by atoms with van der Waals surface area (Å²) in [6, 6.07) is 6.09. The van der Waals surface area contributed by atoms with E-state index in [0.717, 1.165) is 54.4 Å². The van der Waals surface area contributed by atoms with E-state index in [-0.39, 0.29) is 6.41 Å². The summed E-state index contributed by atoms with van der Waals surface area (Å²) in [6.07, 6.45) is 4.17. The molecule has 9 heteroatoms. The molecule has 3 N–H and O–H groups in total. The van der Waals surface area contributed by atoms with Crippen molar-refractivity contribution in [2.75, 3.05) is 43.4 Å². The molecule has 1 fully saturated rings. The van der Waals surface area contributed by atoms with Crippen LogP contribution in [-0.4, -0.2) is 64.1 Å². The third-order valence-electron chi connectivity index (χ3n) is 4.75. The van der Waals surface area contributed by atoms with Crippen LogP contribution in [0, 0.1) is 6.92 Å². The molecule has 0 radical (unpaired) electrons. The number of aromatic nitrogens is 4. The van der Waals surface area contributed by atoms with E-state index in [4.69, 9.17) is 4.79 Å². The zero-order valence-electron chi connectivity index (χ0n) is 16.5. The van der Waals surface area contributed by atoms with Crippen molar-refractivity contribution in [3.05, 3.63) is 36.3 Å². The summed E-state index contributed by atoms with van der Waals surface area (Å²) in [5.41, 5.74) is 8.28. The van der Waals surface area contributed by atoms with E-state index in [1.807, 2.05) is 43.1 Å². The molecule has 4 rings (SSSR count). The van der Waals surface area contributed by atoms with Crippen LogP contribution < -0.4 is 16.0 Å². The van der Waals surface area contributed by atoms with Crippen LogP contribution in [0.1, 0.15) is 5.69 Å². The van der Waals surface area contributed by atoms with Crippen molar-refractivity contribution in [2.45, 2.75) is 6.92 Å². The van der Waals surface area contributed by atoms with Gasteiger partial charge in [-0.3, -0.25) is 4.79 Å². The number of anilines is 3. The predicted octanol–water partition coefficient (Wildman–Crippen LogP) is 1.27. The average molecular weight is 382 g/mol. The molecule has 0 aliphatic carbocycles. The number of nitrogens with zero attached hydrogens (tertiary/aromatic N) is 6. The Morgan fingerprint density at radius 2 is 1.82 bits per heavy atom. The molecule has 0 atom stereocenters. The van der Waals surface area contributed by atoms with Gasteiger partial charge in [0.15, 0.2) is 0 Å². The summed E-state index contributed by atoms with van der Waals surface area (Å²) in [4.78, 5) is 27.0. The molecule has 28 heavy (non-hydrogen) atoms. The van der Waals surface area contributed by atoms with E-state index in [0.29, 0.717) is 5.95 Å². The molecule has 148 valence electrons. The minimum absolute atomic E-state index is 0.250. The third-order valence-corrected chi connectivity index (χ3v) is 4.75. The normalized spacial score (nSPS) is 14.5. The van der Waals surface area contributed by atoms with Gasteiger partial charge in [0.05, 0.1) is 28.6 Å². The van der Waals surface area contributed by atoms with Crippen molar-refractivity contribution in [2.24, 2.45) is 12.8 Å². The number of carbonyl (C=O) groups is 1. The fourth-order valence-electron chi connectivity index (χ4n) is 3.28. The summed E-state index contributed by atoms with van der Waals surface area (Å²) >= 11 is 0. The Balaban J connectivity index is 0.000000706. The molecule has 1 aliphatic rings. The minimum atomic E-state index is 0.250. The van der Waals surface area contributed by atoms with Crippen molar-refractivity contribution in [1.29, 1.82) is 0 Å². The Labute approximate surface area is 164 Å². The molecular formula is C19H26N8O. The van der Waals surface area contributed by atoms with E-state index < -0.39 is 0 Å². The summed E-state index contributed by atoms with van der Waals surface area (Å²) in [5, 5.41) is 3.21. The minimum Gasteiger partial charge on any atom is -0.372 e. The van der Waals surface area contributed by atoms with Gasteiger partial charge in [-0.1, -0.05) is 0 Å². The first kappa shape index (κ1) is 19.6. The number of hydrogen-bond acceptors (Lipinski definition) is 7. The van der Waals surface area contributed by atoms with Crippen LogP contribution in [0.3, 0.4) is 0 Å². The van der Waals surface area contributed by atoms with E-state index in [1.165, 1.54) is 0 Å². The number of aryl methyl sites for hydroxylation is 2. The average Bonchev–Trinajstić information content (AvgIpc) is 3.05. The standard InChI is InChI=1S/C18H23N7.CH3NO/c1-13-17-15(6-7-24(17)3)21-18(20-13)22-16-5-4-14(12-19-16)25-10-8-23(2)9-11-25;2-1-3/h4-7,12H,8-11H2,1-3H3,(H,19,20,21,22);1H,(H2,2,3). The molecule has 0 unspecified atom stereocenters. The Morgan fingerprint density at radius 3 is 2.46 bits per heavy atom. The quantitative estimate of drug-likeness (QED) is 0.657. The molecule has 0 spiro atoms. The number of fused-ring (bicyclic) bond motifs is 1. The number of likely N-dealkylation sites (N-methyl/N-ethyl adjacent to an activating group) is 1. The van der Waals surface area contributed by atoms with Crippen LogP contribution in [0.2, 0.25) is 0 Å². The maximum absolute atomic E-state index is 8.58. The van der Waals surface area contributed by atoms with Gasteiger partial charge < -0.3 is 25.4 Å². The topological polar surface area (TPSA) is 105 Å². The molecule has 0 saturated carbocycles. The number of piperazine rings is 1. The first-order chi connectivity index (χ1) is 13.5. The van der Waals surface area contributed by atoms with Gasteiger partial charge in [0, 0.05) is 39.4 Å². The maximum atomic E-state index is 8.58.